The molecule has 64 valence electrons. The molecule has 0 amide bonds. The fourth-order valence-electron chi connectivity index (χ4n) is 0. The van der Waals surface area contributed by atoms with Gasteiger partial charge in [-0.15, -0.1) is 0 Å². The molecular weight excluding hydrogens is 186 g/mol. The Morgan fingerprint density at radius 1 is 0.800 bits per heavy atom. The van der Waals surface area contributed by atoms with Crippen LogP contribution in [0.2, 0.25) is 0 Å². The van der Waals surface area contributed by atoms with Gasteiger partial charge in [-0.1, -0.05) is 0 Å². The van der Waals surface area contributed by atoms with E-state index in [1.165, 1.54) is 0 Å². The number of hydrogen-bond donors (Lipinski definition) is 3. The average Bonchev–Trinajstić information content (AvgIpc) is 1.36. The Bertz CT molecular complexity index is 84.5. The van der Waals surface area contributed by atoms with Crippen LogP contribution < -0.4 is 28.7 Å². The fraction of sp³-hybridized carbons (Fsp3) is 0. The summed E-state index contributed by atoms with van der Waals surface area (Å²) in [5, 5.41) is 17.9. The summed E-state index contributed by atoms with van der Waals surface area (Å²) in [7, 11) is 0. The molecule has 0 aromatic rings. The minimum absolute atomic E-state index is 0. The maximum Gasteiger partial charge on any atom is 2.00 e. The second-order valence-electron chi connectivity index (χ2n) is 0.575. The summed E-state index contributed by atoms with van der Waals surface area (Å²) >= 11 is 0. The molecule has 0 atom stereocenters. The molecule has 0 aliphatic heterocycles. The molecule has 0 heterocycles. The molecule has 0 rings (SSSR count). The minimum Gasteiger partial charge on any atom is -0.543 e. The van der Waals surface area contributed by atoms with Gasteiger partial charge in [0.1, 0.15) is 0 Å². The molecule has 0 unspecified atom stereocenters. The molecule has 9 N–H and O–H groups in total. The number of carboxylic acid groups (broad SMARTS) is 2. The quantitative estimate of drug-likeness (QED) is 0.270. The van der Waals surface area contributed by atoms with Crippen LogP contribution in [0.3, 0.4) is 0 Å². The van der Waals surface area contributed by atoms with E-state index < -0.39 is 11.9 Å². The van der Waals surface area contributed by atoms with Gasteiger partial charge in [-0.05, 0) is 0 Å². The van der Waals surface area contributed by atoms with E-state index in [9.17, 15) is 0 Å². The van der Waals surface area contributed by atoms with E-state index in [1.807, 2.05) is 0 Å². The van der Waals surface area contributed by atoms with Crippen molar-refractivity contribution in [2.75, 3.05) is 0 Å². The zero-order valence-corrected chi connectivity index (χ0v) is 6.21. The standard InChI is InChI=1S/C2H2O4.Fe.3H3N/c3-1(4)2(5)6;;;;/h(H,3,4)(H,5,6);;3*1H3/q;+2;;;/p-2. The summed E-state index contributed by atoms with van der Waals surface area (Å²) in [5.74, 6) is -4.37. The summed E-state index contributed by atoms with van der Waals surface area (Å²) < 4.78 is 0. The van der Waals surface area contributed by atoms with E-state index >= 15 is 0 Å². The Kier molecular flexibility index (Phi) is 54.3. The van der Waals surface area contributed by atoms with Crippen LogP contribution in [0.5, 0.6) is 0 Å². The molecule has 8 heteroatoms. The number of hydrogen-bond acceptors (Lipinski definition) is 7. The van der Waals surface area contributed by atoms with Crippen molar-refractivity contribution in [2.45, 2.75) is 0 Å². The van der Waals surface area contributed by atoms with Crippen LogP contribution in [0.1, 0.15) is 0 Å². The molecule has 0 fully saturated rings. The molecule has 0 aromatic heterocycles. The number of aliphatic carboxylic acids is 2. The van der Waals surface area contributed by atoms with Crippen molar-refractivity contribution in [3.05, 3.63) is 0 Å². The van der Waals surface area contributed by atoms with E-state index in [-0.39, 0.29) is 35.5 Å². The molecular formula is C2H9FeN3O4. The van der Waals surface area contributed by atoms with Gasteiger partial charge in [0.05, 0.1) is 11.9 Å². The molecule has 0 spiro atoms. The van der Waals surface area contributed by atoms with Crippen LogP contribution >= 0.6 is 0 Å². The van der Waals surface area contributed by atoms with Crippen LogP contribution in [0.4, 0.5) is 0 Å². The first-order chi connectivity index (χ1) is 2.64. The van der Waals surface area contributed by atoms with E-state index in [0.717, 1.165) is 0 Å². The zero-order chi connectivity index (χ0) is 5.15. The summed E-state index contributed by atoms with van der Waals surface area (Å²) in [6.07, 6.45) is 0. The van der Waals surface area contributed by atoms with Crippen molar-refractivity contribution in [1.29, 1.82) is 0 Å². The third-order valence-corrected chi connectivity index (χ3v) is 0.167. The van der Waals surface area contributed by atoms with Crippen molar-refractivity contribution in [2.24, 2.45) is 0 Å². The smallest absolute Gasteiger partial charge is 0.543 e. The second-order valence-corrected chi connectivity index (χ2v) is 0.575. The van der Waals surface area contributed by atoms with Crippen molar-refractivity contribution < 1.29 is 36.9 Å². The van der Waals surface area contributed by atoms with Gasteiger partial charge >= 0.3 is 17.1 Å². The number of rotatable bonds is 0. The summed E-state index contributed by atoms with van der Waals surface area (Å²) in [4.78, 5) is 17.9. The number of carboxylic acids is 2. The van der Waals surface area contributed by atoms with Crippen LogP contribution in [0, 0.1) is 0 Å². The van der Waals surface area contributed by atoms with E-state index in [2.05, 4.69) is 0 Å². The Morgan fingerprint density at radius 3 is 0.900 bits per heavy atom. The fourth-order valence-corrected chi connectivity index (χ4v) is 0. The Hall–Kier alpha value is -0.661. The van der Waals surface area contributed by atoms with Gasteiger partial charge in [0, 0.05) is 0 Å². The summed E-state index contributed by atoms with van der Waals surface area (Å²) in [5.41, 5.74) is 0. The van der Waals surface area contributed by atoms with Gasteiger partial charge in [-0.25, -0.2) is 0 Å². The van der Waals surface area contributed by atoms with Crippen LogP contribution in [0.15, 0.2) is 0 Å². The van der Waals surface area contributed by atoms with Gasteiger partial charge in [0.2, 0.25) is 0 Å². The van der Waals surface area contributed by atoms with Gasteiger partial charge in [-0.2, -0.15) is 0 Å². The molecule has 10 heavy (non-hydrogen) atoms. The Morgan fingerprint density at radius 2 is 0.900 bits per heavy atom. The number of carbonyl (C=O) groups is 2. The predicted molar refractivity (Wildman–Crippen MR) is 25.1 cm³/mol. The van der Waals surface area contributed by atoms with Gasteiger partial charge < -0.3 is 38.3 Å². The summed E-state index contributed by atoms with van der Waals surface area (Å²) in [6, 6.07) is 0. The Labute approximate surface area is 68.0 Å². The van der Waals surface area contributed by atoms with Crippen LogP contribution in [0.25, 0.3) is 0 Å². The van der Waals surface area contributed by atoms with E-state index in [4.69, 9.17) is 19.8 Å². The second kappa shape index (κ2) is 15.8. The molecule has 7 nitrogen and oxygen atoms in total. The monoisotopic (exact) mass is 195 g/mol. The molecule has 0 bridgehead atoms. The maximum atomic E-state index is 8.93. The third-order valence-electron chi connectivity index (χ3n) is 0.167. The molecule has 0 aromatic carbocycles. The molecule has 0 aliphatic carbocycles. The molecule has 0 saturated heterocycles. The predicted octanol–water partition coefficient (Wildman–Crippen LogP) is -3.03. The SMILES string of the molecule is N.N.N.O=C([O-])C(=O)[O-].[Fe+2]. The first-order valence-corrected chi connectivity index (χ1v) is 1.07. The van der Waals surface area contributed by atoms with E-state index in [1.54, 1.807) is 0 Å². The normalized spacial score (nSPS) is 4.40. The summed E-state index contributed by atoms with van der Waals surface area (Å²) in [6.45, 7) is 0. The maximum absolute atomic E-state index is 8.93. The van der Waals surface area contributed by atoms with Crippen molar-refractivity contribution in [3.63, 3.8) is 0 Å². The largest absolute Gasteiger partial charge is 2.00 e. The number of carbonyl (C=O) groups excluding carboxylic acids is 2. The van der Waals surface area contributed by atoms with Crippen molar-refractivity contribution in [1.82, 2.24) is 18.5 Å². The molecule has 0 saturated carbocycles. The first-order valence-electron chi connectivity index (χ1n) is 1.07. The average molecular weight is 195 g/mol. The minimum atomic E-state index is -2.19. The van der Waals surface area contributed by atoms with Gasteiger partial charge in [0.15, 0.2) is 0 Å². The molecule has 0 aliphatic rings. The van der Waals surface area contributed by atoms with Gasteiger partial charge in [-0.3, -0.25) is 0 Å². The third kappa shape index (κ3) is 26.4. The topological polar surface area (TPSA) is 185 Å². The van der Waals surface area contributed by atoms with Crippen molar-refractivity contribution >= 4 is 11.9 Å². The Balaban J connectivity index is -0.0000000208. The van der Waals surface area contributed by atoms with E-state index in [0.29, 0.717) is 0 Å². The van der Waals surface area contributed by atoms with Crippen LogP contribution in [-0.2, 0) is 26.7 Å². The first kappa shape index (κ1) is 34.5. The van der Waals surface area contributed by atoms with Gasteiger partial charge in [0.25, 0.3) is 0 Å². The van der Waals surface area contributed by atoms with Crippen molar-refractivity contribution in [3.8, 4) is 0 Å². The molecule has 0 radical (unpaired) electrons. The van der Waals surface area contributed by atoms with Crippen LogP contribution in [-0.4, -0.2) is 11.9 Å². The zero-order valence-electron chi connectivity index (χ0n) is 5.11.